The summed E-state index contributed by atoms with van der Waals surface area (Å²) < 4.78 is 28.1. The summed E-state index contributed by atoms with van der Waals surface area (Å²) >= 11 is 0. The van der Waals surface area contributed by atoms with Crippen LogP contribution < -0.4 is 0 Å². The minimum atomic E-state index is -1.39. The van der Waals surface area contributed by atoms with Gasteiger partial charge in [0.1, 0.15) is 18.8 Å². The fourth-order valence-corrected chi connectivity index (χ4v) is 3.96. The zero-order valence-electron chi connectivity index (χ0n) is 20.7. The minimum absolute atomic E-state index is 0.200. The molecule has 1 saturated heterocycles. The molecule has 1 heterocycles. The van der Waals surface area contributed by atoms with Crippen molar-refractivity contribution in [2.45, 2.75) is 37.6 Å². The van der Waals surface area contributed by atoms with Crippen LogP contribution in [0.1, 0.15) is 38.0 Å². The number of hydrogen-bond acceptors (Lipinski definition) is 9. The van der Waals surface area contributed by atoms with Gasteiger partial charge >= 0.3 is 17.9 Å². The molecule has 3 aromatic carbocycles. The molecule has 0 spiro atoms. The predicted octanol–water partition coefficient (Wildman–Crippen LogP) is 3.42. The molecule has 0 amide bonds. The molecule has 0 radical (unpaired) electrons. The largest absolute Gasteiger partial charge is 0.458 e. The molecule has 198 valence electrons. The Balaban J connectivity index is 1.59. The molecule has 4 rings (SSSR count). The van der Waals surface area contributed by atoms with Crippen molar-refractivity contribution < 1.29 is 43.2 Å². The van der Waals surface area contributed by atoms with Gasteiger partial charge in [-0.3, -0.25) is 0 Å². The number of rotatable bonds is 10. The summed E-state index contributed by atoms with van der Waals surface area (Å²) in [6.07, 6.45) is -6.30. The van der Waals surface area contributed by atoms with Crippen LogP contribution in [0.3, 0.4) is 0 Å². The summed E-state index contributed by atoms with van der Waals surface area (Å²) in [6, 6.07) is 24.7. The highest BCUT2D eigenvalue weighted by atomic mass is 16.7. The molecule has 0 saturated carbocycles. The van der Waals surface area contributed by atoms with Crippen LogP contribution in [0.2, 0.25) is 0 Å². The zero-order valence-corrected chi connectivity index (χ0v) is 20.7. The van der Waals surface area contributed by atoms with E-state index in [1.165, 1.54) is 0 Å². The van der Waals surface area contributed by atoms with E-state index in [-0.39, 0.29) is 17.7 Å². The van der Waals surface area contributed by atoms with Gasteiger partial charge in [0.05, 0.1) is 16.7 Å². The summed E-state index contributed by atoms with van der Waals surface area (Å²) in [7, 11) is 0. The Morgan fingerprint density at radius 2 is 1.29 bits per heavy atom. The molecular formula is C29H28O9. The molecule has 1 aliphatic heterocycles. The number of esters is 3. The van der Waals surface area contributed by atoms with Crippen molar-refractivity contribution in [2.75, 3.05) is 13.2 Å². The predicted molar refractivity (Wildman–Crippen MR) is 134 cm³/mol. The highest BCUT2D eigenvalue weighted by molar-refractivity contribution is 5.90. The van der Waals surface area contributed by atoms with Gasteiger partial charge in [-0.15, -0.1) is 0 Å². The number of ether oxygens (including phenoxy) is 5. The Morgan fingerprint density at radius 3 is 1.82 bits per heavy atom. The fraction of sp³-hybridized carbons (Fsp3) is 0.276. The third kappa shape index (κ3) is 6.63. The van der Waals surface area contributed by atoms with Crippen LogP contribution >= 0.6 is 0 Å². The Hall–Kier alpha value is -4.05. The van der Waals surface area contributed by atoms with Crippen LogP contribution in [0, 0.1) is 0 Å². The van der Waals surface area contributed by atoms with Crippen molar-refractivity contribution in [3.05, 3.63) is 108 Å². The maximum Gasteiger partial charge on any atom is 0.338 e. The molecule has 0 unspecified atom stereocenters. The van der Waals surface area contributed by atoms with Gasteiger partial charge in [-0.1, -0.05) is 54.6 Å². The normalized spacial score (nSPS) is 21.3. The lowest BCUT2D eigenvalue weighted by molar-refractivity contribution is -0.178. The van der Waals surface area contributed by atoms with Crippen LogP contribution in [-0.2, 0) is 23.7 Å². The van der Waals surface area contributed by atoms with Crippen LogP contribution in [0.15, 0.2) is 91.0 Å². The van der Waals surface area contributed by atoms with Gasteiger partial charge in [0.25, 0.3) is 0 Å². The second kappa shape index (κ2) is 13.0. The van der Waals surface area contributed by atoms with E-state index in [1.807, 2.05) is 0 Å². The maximum absolute atomic E-state index is 12.9. The fourth-order valence-electron chi connectivity index (χ4n) is 3.96. The lowest BCUT2D eigenvalue weighted by Crippen LogP contribution is -2.46. The summed E-state index contributed by atoms with van der Waals surface area (Å²) in [6.45, 7) is 1.48. The first-order valence-corrected chi connectivity index (χ1v) is 12.2. The number of benzene rings is 3. The molecule has 0 bridgehead atoms. The van der Waals surface area contributed by atoms with Crippen LogP contribution in [0.4, 0.5) is 0 Å². The summed E-state index contributed by atoms with van der Waals surface area (Å²) in [5, 5.41) is 10.9. The monoisotopic (exact) mass is 520 g/mol. The molecule has 9 heteroatoms. The van der Waals surface area contributed by atoms with E-state index < -0.39 is 55.2 Å². The van der Waals surface area contributed by atoms with E-state index in [2.05, 4.69) is 0 Å². The Labute approximate surface area is 219 Å². The Kier molecular flexibility index (Phi) is 9.21. The molecule has 1 aliphatic rings. The van der Waals surface area contributed by atoms with E-state index in [1.54, 1.807) is 97.9 Å². The van der Waals surface area contributed by atoms with Crippen molar-refractivity contribution in [1.82, 2.24) is 0 Å². The molecule has 1 N–H and O–H groups in total. The summed E-state index contributed by atoms with van der Waals surface area (Å²) in [4.78, 5) is 38.4. The molecule has 0 aromatic heterocycles. The second-order valence-corrected chi connectivity index (χ2v) is 8.43. The Morgan fingerprint density at radius 1 is 0.789 bits per heavy atom. The van der Waals surface area contributed by atoms with Crippen LogP contribution in [0.25, 0.3) is 0 Å². The Bertz CT molecular complexity index is 1200. The molecule has 3 aromatic rings. The lowest BCUT2D eigenvalue weighted by atomic mass is 10.1. The minimum Gasteiger partial charge on any atom is -0.458 e. The molecule has 5 atom stereocenters. The van der Waals surface area contributed by atoms with Gasteiger partial charge in [0.2, 0.25) is 0 Å². The maximum atomic E-state index is 12.9. The number of hydrogen-bond donors (Lipinski definition) is 1. The molecular weight excluding hydrogens is 492 g/mol. The van der Waals surface area contributed by atoms with E-state index >= 15 is 0 Å². The number of carbonyl (C=O) groups is 3. The molecule has 9 nitrogen and oxygen atoms in total. The number of aliphatic hydroxyl groups excluding tert-OH is 1. The molecule has 1 fully saturated rings. The van der Waals surface area contributed by atoms with Gasteiger partial charge in [0.15, 0.2) is 18.5 Å². The van der Waals surface area contributed by atoms with Gasteiger partial charge in [0, 0.05) is 6.61 Å². The smallest absolute Gasteiger partial charge is 0.338 e. The van der Waals surface area contributed by atoms with E-state index in [0.29, 0.717) is 5.56 Å². The SMILES string of the molecule is CCO[C@H]1O[C@@H]([C@H](COC(=O)c2ccccc2)OC(=O)c2ccccc2)[C@@H](OC(=O)c2ccccc2)[C@@H]1O. The van der Waals surface area contributed by atoms with Crippen LogP contribution in [0.5, 0.6) is 0 Å². The second-order valence-electron chi connectivity index (χ2n) is 8.43. The summed E-state index contributed by atoms with van der Waals surface area (Å²) in [5.41, 5.74) is 0.809. The highest BCUT2D eigenvalue weighted by Crippen LogP contribution is 2.30. The van der Waals surface area contributed by atoms with Crippen molar-refractivity contribution in [3.8, 4) is 0 Å². The van der Waals surface area contributed by atoms with Gasteiger partial charge in [-0.05, 0) is 43.3 Å². The molecule has 0 aliphatic carbocycles. The topological polar surface area (TPSA) is 118 Å². The first kappa shape index (κ1) is 27.0. The van der Waals surface area contributed by atoms with Gasteiger partial charge in [-0.2, -0.15) is 0 Å². The van der Waals surface area contributed by atoms with E-state index in [0.717, 1.165) is 0 Å². The highest BCUT2D eigenvalue weighted by Gasteiger charge is 2.52. The number of aliphatic hydroxyl groups is 1. The zero-order chi connectivity index (χ0) is 26.9. The van der Waals surface area contributed by atoms with Crippen LogP contribution in [-0.4, -0.2) is 66.9 Å². The average molecular weight is 521 g/mol. The first-order valence-electron chi connectivity index (χ1n) is 12.2. The van der Waals surface area contributed by atoms with Crippen molar-refractivity contribution in [3.63, 3.8) is 0 Å². The summed E-state index contributed by atoms with van der Waals surface area (Å²) in [5.74, 6) is -2.07. The van der Waals surface area contributed by atoms with Crippen molar-refractivity contribution in [1.29, 1.82) is 0 Å². The van der Waals surface area contributed by atoms with Gasteiger partial charge in [-0.25, -0.2) is 14.4 Å². The third-order valence-electron chi connectivity index (χ3n) is 5.84. The first-order chi connectivity index (χ1) is 18.5. The number of carbonyl (C=O) groups excluding carboxylic acids is 3. The standard InChI is InChI=1S/C29H28O9/c1-2-34-29-23(30)25(37-28(33)21-16-10-5-11-17-21)24(38-29)22(36-27(32)20-14-8-4-9-15-20)18-35-26(31)19-12-6-3-7-13-19/h3-17,22-25,29-30H,2,18H2,1H3/t22-,23-,24-,25-,29-/m0/s1. The van der Waals surface area contributed by atoms with Crippen molar-refractivity contribution >= 4 is 17.9 Å². The average Bonchev–Trinajstić information content (AvgIpc) is 3.26. The van der Waals surface area contributed by atoms with Gasteiger partial charge < -0.3 is 28.8 Å². The van der Waals surface area contributed by atoms with E-state index in [9.17, 15) is 19.5 Å². The lowest BCUT2D eigenvalue weighted by Gasteiger charge is -2.27. The molecule has 38 heavy (non-hydrogen) atoms. The van der Waals surface area contributed by atoms with E-state index in [4.69, 9.17) is 23.7 Å². The quantitative estimate of drug-likeness (QED) is 0.317. The van der Waals surface area contributed by atoms with Crippen molar-refractivity contribution in [2.24, 2.45) is 0 Å². The third-order valence-corrected chi connectivity index (χ3v) is 5.84.